The summed E-state index contributed by atoms with van der Waals surface area (Å²) in [5, 5.41) is 3.38. The maximum Gasteiger partial charge on any atom is 0.356 e. The average molecular weight is 398 g/mol. The second kappa shape index (κ2) is 8.55. The molecule has 0 fully saturated rings. The van der Waals surface area contributed by atoms with E-state index in [4.69, 9.17) is 18.9 Å². The van der Waals surface area contributed by atoms with Gasteiger partial charge in [0.15, 0.2) is 11.5 Å². The molecule has 3 rings (SSSR count). The molecule has 152 valence electrons. The largest absolute Gasteiger partial charge is 0.496 e. The first-order chi connectivity index (χ1) is 14.0. The van der Waals surface area contributed by atoms with E-state index in [0.717, 1.165) is 0 Å². The molecular formula is C21H22N2O6. The van der Waals surface area contributed by atoms with E-state index in [0.29, 0.717) is 33.7 Å². The third-order valence-corrected chi connectivity index (χ3v) is 4.37. The lowest BCUT2D eigenvalue weighted by Gasteiger charge is -2.11. The van der Waals surface area contributed by atoms with E-state index in [-0.39, 0.29) is 18.0 Å². The van der Waals surface area contributed by atoms with Crippen molar-refractivity contribution in [2.75, 3.05) is 33.3 Å². The summed E-state index contributed by atoms with van der Waals surface area (Å²) in [6.07, 6.45) is 0. The summed E-state index contributed by atoms with van der Waals surface area (Å²) in [5.74, 6) is 0.351. The number of fused-ring (bicyclic) bond motifs is 1. The van der Waals surface area contributed by atoms with Gasteiger partial charge in [-0.3, -0.25) is 4.79 Å². The Morgan fingerprint density at radius 2 is 1.62 bits per heavy atom. The number of amides is 1. The summed E-state index contributed by atoms with van der Waals surface area (Å²) in [4.78, 5) is 28.4. The molecule has 0 saturated carbocycles. The molecule has 1 aromatic heterocycles. The summed E-state index contributed by atoms with van der Waals surface area (Å²) in [5.41, 5.74) is 1.33. The molecule has 3 aromatic rings. The molecule has 0 unspecified atom stereocenters. The van der Waals surface area contributed by atoms with Gasteiger partial charge in [0.25, 0.3) is 5.91 Å². The molecule has 29 heavy (non-hydrogen) atoms. The molecule has 8 heteroatoms. The Hall–Kier alpha value is -3.68. The number of nitrogens with one attached hydrogen (secondary N) is 2. The number of methoxy groups -OCH3 is 3. The number of rotatable bonds is 7. The number of benzene rings is 2. The zero-order valence-corrected chi connectivity index (χ0v) is 16.6. The lowest BCUT2D eigenvalue weighted by molar-refractivity contribution is 0.0522. The summed E-state index contributed by atoms with van der Waals surface area (Å²) >= 11 is 0. The van der Waals surface area contributed by atoms with Gasteiger partial charge in [-0.05, 0) is 25.1 Å². The standard InChI is InChI=1S/C21H22N2O6/c1-5-29-21(25)19-18(23-20(24)12-8-6-7-9-15(12)26-2)13-10-16(27-3)17(28-4)11-14(13)22-19/h6-11,22H,5H2,1-4H3,(H,23,24). The predicted molar refractivity (Wildman–Crippen MR) is 108 cm³/mol. The maximum absolute atomic E-state index is 12.9. The Kier molecular flexibility index (Phi) is 5.92. The third kappa shape index (κ3) is 3.82. The van der Waals surface area contributed by atoms with Crippen LogP contribution in [0, 0.1) is 0 Å². The van der Waals surface area contributed by atoms with Gasteiger partial charge in [-0.2, -0.15) is 0 Å². The van der Waals surface area contributed by atoms with Gasteiger partial charge < -0.3 is 29.2 Å². The first-order valence-corrected chi connectivity index (χ1v) is 8.93. The number of carbonyl (C=O) groups is 2. The van der Waals surface area contributed by atoms with Crippen molar-refractivity contribution in [2.45, 2.75) is 6.92 Å². The molecule has 8 nitrogen and oxygen atoms in total. The van der Waals surface area contributed by atoms with Gasteiger partial charge in [0.2, 0.25) is 0 Å². The van der Waals surface area contributed by atoms with Crippen LogP contribution in [0.3, 0.4) is 0 Å². The van der Waals surface area contributed by atoms with Crippen molar-refractivity contribution in [3.05, 3.63) is 47.7 Å². The van der Waals surface area contributed by atoms with Gasteiger partial charge in [0.05, 0.1) is 44.7 Å². The van der Waals surface area contributed by atoms with Crippen LogP contribution in [0.4, 0.5) is 5.69 Å². The van der Waals surface area contributed by atoms with Crippen molar-refractivity contribution in [1.82, 2.24) is 4.98 Å². The lowest BCUT2D eigenvalue weighted by atomic mass is 10.1. The Balaban J connectivity index is 2.14. The van der Waals surface area contributed by atoms with Gasteiger partial charge in [0, 0.05) is 11.5 Å². The topological polar surface area (TPSA) is 98.9 Å². The highest BCUT2D eigenvalue weighted by molar-refractivity contribution is 6.15. The zero-order chi connectivity index (χ0) is 21.0. The molecule has 0 radical (unpaired) electrons. The molecule has 1 amide bonds. The molecule has 2 N–H and O–H groups in total. The number of aromatic amines is 1. The molecule has 0 aliphatic heterocycles. The number of aromatic nitrogens is 1. The Morgan fingerprint density at radius 3 is 2.28 bits per heavy atom. The van der Waals surface area contributed by atoms with Crippen molar-refractivity contribution in [2.24, 2.45) is 0 Å². The number of hydrogen-bond acceptors (Lipinski definition) is 6. The highest BCUT2D eigenvalue weighted by atomic mass is 16.5. The molecule has 0 atom stereocenters. The summed E-state index contributed by atoms with van der Waals surface area (Å²) in [6, 6.07) is 10.2. The number of para-hydroxylation sites is 1. The van der Waals surface area contributed by atoms with Crippen LogP contribution in [0.25, 0.3) is 10.9 Å². The molecule has 0 saturated heterocycles. The molecule has 0 aliphatic rings. The number of hydrogen-bond donors (Lipinski definition) is 2. The van der Waals surface area contributed by atoms with Crippen LogP contribution in [-0.4, -0.2) is 44.8 Å². The predicted octanol–water partition coefficient (Wildman–Crippen LogP) is 3.62. The van der Waals surface area contributed by atoms with Crippen LogP contribution in [0.15, 0.2) is 36.4 Å². The van der Waals surface area contributed by atoms with Crippen LogP contribution in [-0.2, 0) is 4.74 Å². The molecule has 0 bridgehead atoms. The third-order valence-electron chi connectivity index (χ3n) is 4.37. The van der Waals surface area contributed by atoms with E-state index in [1.165, 1.54) is 21.3 Å². The van der Waals surface area contributed by atoms with Gasteiger partial charge in [-0.15, -0.1) is 0 Å². The minimum atomic E-state index is -0.586. The van der Waals surface area contributed by atoms with Crippen molar-refractivity contribution >= 4 is 28.5 Å². The Labute approximate surface area is 167 Å². The quantitative estimate of drug-likeness (QED) is 0.590. The fourth-order valence-corrected chi connectivity index (χ4v) is 3.02. The van der Waals surface area contributed by atoms with E-state index >= 15 is 0 Å². The normalized spacial score (nSPS) is 10.5. The van der Waals surface area contributed by atoms with Crippen molar-refractivity contribution in [3.63, 3.8) is 0 Å². The second-order valence-corrected chi connectivity index (χ2v) is 6.00. The number of anilines is 1. The van der Waals surface area contributed by atoms with Gasteiger partial charge in [0.1, 0.15) is 11.4 Å². The van der Waals surface area contributed by atoms with E-state index in [2.05, 4.69) is 10.3 Å². The minimum Gasteiger partial charge on any atom is -0.496 e. The highest BCUT2D eigenvalue weighted by Gasteiger charge is 2.24. The molecule has 2 aromatic carbocycles. The fourth-order valence-electron chi connectivity index (χ4n) is 3.02. The Morgan fingerprint density at radius 1 is 0.966 bits per heavy atom. The number of H-pyrrole nitrogens is 1. The van der Waals surface area contributed by atoms with E-state index in [9.17, 15) is 9.59 Å². The van der Waals surface area contributed by atoms with Crippen LogP contribution in [0.2, 0.25) is 0 Å². The highest BCUT2D eigenvalue weighted by Crippen LogP contribution is 2.37. The van der Waals surface area contributed by atoms with E-state index < -0.39 is 11.9 Å². The summed E-state index contributed by atoms with van der Waals surface area (Å²) in [7, 11) is 4.51. The minimum absolute atomic E-state index is 0.125. The fraction of sp³-hybridized carbons (Fsp3) is 0.238. The summed E-state index contributed by atoms with van der Waals surface area (Å²) < 4.78 is 21.1. The monoisotopic (exact) mass is 398 g/mol. The van der Waals surface area contributed by atoms with Crippen molar-refractivity contribution in [1.29, 1.82) is 0 Å². The SMILES string of the molecule is CCOC(=O)c1[nH]c2cc(OC)c(OC)cc2c1NC(=O)c1ccccc1OC. The second-order valence-electron chi connectivity index (χ2n) is 6.00. The summed E-state index contributed by atoms with van der Waals surface area (Å²) in [6.45, 7) is 1.90. The van der Waals surface area contributed by atoms with Crippen LogP contribution >= 0.6 is 0 Å². The average Bonchev–Trinajstić information content (AvgIpc) is 3.09. The van der Waals surface area contributed by atoms with Gasteiger partial charge >= 0.3 is 5.97 Å². The van der Waals surface area contributed by atoms with Gasteiger partial charge in [-0.25, -0.2) is 4.79 Å². The number of carbonyl (C=O) groups excluding carboxylic acids is 2. The number of esters is 1. The van der Waals surface area contributed by atoms with E-state index in [1.54, 1.807) is 43.3 Å². The van der Waals surface area contributed by atoms with Crippen molar-refractivity contribution < 1.29 is 28.5 Å². The first-order valence-electron chi connectivity index (χ1n) is 8.93. The van der Waals surface area contributed by atoms with E-state index in [1.807, 2.05) is 0 Å². The van der Waals surface area contributed by atoms with Gasteiger partial charge in [-0.1, -0.05) is 12.1 Å². The molecule has 0 spiro atoms. The molecular weight excluding hydrogens is 376 g/mol. The molecule has 1 heterocycles. The van der Waals surface area contributed by atoms with Crippen molar-refractivity contribution in [3.8, 4) is 17.2 Å². The van der Waals surface area contributed by atoms with Crippen LogP contribution in [0.5, 0.6) is 17.2 Å². The lowest BCUT2D eigenvalue weighted by Crippen LogP contribution is -2.16. The van der Waals surface area contributed by atoms with Crippen LogP contribution < -0.4 is 19.5 Å². The number of ether oxygens (including phenoxy) is 4. The maximum atomic E-state index is 12.9. The van der Waals surface area contributed by atoms with Crippen LogP contribution in [0.1, 0.15) is 27.8 Å². The zero-order valence-electron chi connectivity index (χ0n) is 16.6. The Bertz CT molecular complexity index is 1060. The smallest absolute Gasteiger partial charge is 0.356 e. The first kappa shape index (κ1) is 20.1. The molecule has 0 aliphatic carbocycles.